The Bertz CT molecular complexity index is 548. The molecule has 0 spiro atoms. The van der Waals surface area contributed by atoms with Crippen LogP contribution in [0.3, 0.4) is 0 Å². The molecule has 0 fully saturated rings. The SMILES string of the molecule is CC(C)(C)C(NC(=O)c1ccccc1C(F)(F)F)C(N)=O. The Morgan fingerprint density at radius 3 is 2.10 bits per heavy atom. The van der Waals surface area contributed by atoms with Crippen molar-refractivity contribution in [1.29, 1.82) is 0 Å². The number of primary amides is 1. The second-order valence-electron chi connectivity index (χ2n) is 5.72. The van der Waals surface area contributed by atoms with Crippen LogP contribution < -0.4 is 11.1 Å². The molecule has 2 amide bonds. The maximum Gasteiger partial charge on any atom is 0.417 e. The molecule has 1 aromatic carbocycles. The molecule has 0 radical (unpaired) electrons. The van der Waals surface area contributed by atoms with E-state index in [0.29, 0.717) is 0 Å². The van der Waals surface area contributed by atoms with Gasteiger partial charge in [0.2, 0.25) is 5.91 Å². The van der Waals surface area contributed by atoms with E-state index in [2.05, 4.69) is 5.32 Å². The van der Waals surface area contributed by atoms with Crippen molar-refractivity contribution in [2.75, 3.05) is 0 Å². The molecule has 7 heteroatoms. The maximum atomic E-state index is 12.9. The van der Waals surface area contributed by atoms with Crippen LogP contribution in [0.25, 0.3) is 0 Å². The molecule has 0 aliphatic heterocycles. The molecule has 0 bridgehead atoms. The monoisotopic (exact) mass is 302 g/mol. The maximum absolute atomic E-state index is 12.9. The van der Waals surface area contributed by atoms with E-state index in [1.165, 1.54) is 12.1 Å². The molecule has 0 heterocycles. The van der Waals surface area contributed by atoms with Gasteiger partial charge in [-0.25, -0.2) is 0 Å². The summed E-state index contributed by atoms with van der Waals surface area (Å²) in [4.78, 5) is 23.4. The van der Waals surface area contributed by atoms with Gasteiger partial charge in [-0.15, -0.1) is 0 Å². The minimum absolute atomic E-state index is 0.541. The molecule has 4 nitrogen and oxygen atoms in total. The van der Waals surface area contributed by atoms with Gasteiger partial charge >= 0.3 is 6.18 Å². The molecule has 1 aromatic rings. The highest BCUT2D eigenvalue weighted by Gasteiger charge is 2.37. The van der Waals surface area contributed by atoms with Crippen molar-refractivity contribution in [1.82, 2.24) is 5.32 Å². The number of hydrogen-bond acceptors (Lipinski definition) is 2. The number of hydrogen-bond donors (Lipinski definition) is 2. The van der Waals surface area contributed by atoms with Crippen LogP contribution in [0.5, 0.6) is 0 Å². The summed E-state index contributed by atoms with van der Waals surface area (Å²) >= 11 is 0. The van der Waals surface area contributed by atoms with E-state index in [4.69, 9.17) is 5.73 Å². The first kappa shape index (κ1) is 17.0. The van der Waals surface area contributed by atoms with Gasteiger partial charge in [-0.3, -0.25) is 9.59 Å². The molecule has 0 aliphatic rings. The lowest BCUT2D eigenvalue weighted by Crippen LogP contribution is -2.52. The third-order valence-electron chi connectivity index (χ3n) is 2.90. The Morgan fingerprint density at radius 1 is 1.14 bits per heavy atom. The minimum Gasteiger partial charge on any atom is -0.368 e. The van der Waals surface area contributed by atoms with E-state index in [9.17, 15) is 22.8 Å². The van der Waals surface area contributed by atoms with Gasteiger partial charge in [0.1, 0.15) is 6.04 Å². The van der Waals surface area contributed by atoms with Crippen LogP contribution in [-0.4, -0.2) is 17.9 Å². The number of nitrogens with one attached hydrogen (secondary N) is 1. The highest BCUT2D eigenvalue weighted by atomic mass is 19.4. The molecule has 3 N–H and O–H groups in total. The second-order valence-corrected chi connectivity index (χ2v) is 5.72. The molecule has 0 aliphatic carbocycles. The fraction of sp³-hybridized carbons (Fsp3) is 0.429. The summed E-state index contributed by atoms with van der Waals surface area (Å²) in [6, 6.07) is 3.30. The lowest BCUT2D eigenvalue weighted by atomic mass is 9.86. The first-order valence-corrected chi connectivity index (χ1v) is 6.21. The molecule has 0 saturated carbocycles. The summed E-state index contributed by atoms with van der Waals surface area (Å²) in [6.45, 7) is 4.95. The van der Waals surface area contributed by atoms with Gasteiger partial charge in [0, 0.05) is 0 Å². The van der Waals surface area contributed by atoms with E-state index in [1.807, 2.05) is 0 Å². The van der Waals surface area contributed by atoms with E-state index in [1.54, 1.807) is 20.8 Å². The number of halogens is 3. The average Bonchev–Trinajstić information content (AvgIpc) is 2.32. The van der Waals surface area contributed by atoms with Gasteiger partial charge in [-0.05, 0) is 17.5 Å². The topological polar surface area (TPSA) is 72.2 Å². The average molecular weight is 302 g/mol. The van der Waals surface area contributed by atoms with Crippen molar-refractivity contribution in [3.05, 3.63) is 35.4 Å². The Hall–Kier alpha value is -2.05. The van der Waals surface area contributed by atoms with Crippen LogP contribution in [-0.2, 0) is 11.0 Å². The van der Waals surface area contributed by atoms with Crippen molar-refractivity contribution in [2.45, 2.75) is 33.0 Å². The molecule has 0 saturated heterocycles. The third kappa shape index (κ3) is 4.21. The van der Waals surface area contributed by atoms with Crippen LogP contribution in [0.4, 0.5) is 13.2 Å². The highest BCUT2D eigenvalue weighted by Crippen LogP contribution is 2.32. The predicted molar refractivity (Wildman–Crippen MR) is 71.3 cm³/mol. The fourth-order valence-corrected chi connectivity index (χ4v) is 1.85. The zero-order valence-electron chi connectivity index (χ0n) is 11.9. The first-order chi connectivity index (χ1) is 9.44. The lowest BCUT2D eigenvalue weighted by Gasteiger charge is -2.29. The van der Waals surface area contributed by atoms with Gasteiger partial charge in [0.25, 0.3) is 5.91 Å². The highest BCUT2D eigenvalue weighted by molar-refractivity contribution is 5.98. The molecular weight excluding hydrogens is 285 g/mol. The number of amides is 2. The van der Waals surface area contributed by atoms with Crippen molar-refractivity contribution in [3.63, 3.8) is 0 Å². The molecule has 1 unspecified atom stereocenters. The van der Waals surface area contributed by atoms with Crippen LogP contribution in [0, 0.1) is 5.41 Å². The Labute approximate surface area is 120 Å². The molecule has 116 valence electrons. The zero-order valence-corrected chi connectivity index (χ0v) is 11.9. The number of nitrogens with two attached hydrogens (primary N) is 1. The van der Waals surface area contributed by atoms with E-state index in [0.717, 1.165) is 12.1 Å². The van der Waals surface area contributed by atoms with E-state index < -0.39 is 40.6 Å². The Morgan fingerprint density at radius 2 is 1.67 bits per heavy atom. The third-order valence-corrected chi connectivity index (χ3v) is 2.90. The van der Waals surface area contributed by atoms with Gasteiger partial charge in [0.15, 0.2) is 0 Å². The number of carbonyl (C=O) groups excluding carboxylic acids is 2. The van der Waals surface area contributed by atoms with Gasteiger partial charge in [0.05, 0.1) is 11.1 Å². The predicted octanol–water partition coefficient (Wildman–Crippen LogP) is 2.34. The quantitative estimate of drug-likeness (QED) is 0.899. The zero-order chi connectivity index (χ0) is 16.4. The van der Waals surface area contributed by atoms with Crippen LogP contribution in [0.15, 0.2) is 24.3 Å². The van der Waals surface area contributed by atoms with Gasteiger partial charge < -0.3 is 11.1 Å². The molecular formula is C14H17F3N2O2. The molecule has 21 heavy (non-hydrogen) atoms. The number of alkyl halides is 3. The summed E-state index contributed by atoms with van der Waals surface area (Å²) < 4.78 is 38.6. The minimum atomic E-state index is -4.65. The van der Waals surface area contributed by atoms with Crippen molar-refractivity contribution in [3.8, 4) is 0 Å². The van der Waals surface area contributed by atoms with Crippen LogP contribution >= 0.6 is 0 Å². The molecule has 1 rings (SSSR count). The Balaban J connectivity index is 3.13. The normalized spacial score (nSPS) is 13.6. The van der Waals surface area contributed by atoms with E-state index in [-0.39, 0.29) is 0 Å². The van der Waals surface area contributed by atoms with Crippen molar-refractivity contribution >= 4 is 11.8 Å². The standard InChI is InChI=1S/C14H17F3N2O2/c1-13(2,3)10(11(18)20)19-12(21)8-6-4-5-7-9(8)14(15,16)17/h4-7,10H,1-3H3,(H2,18,20)(H,19,21). The summed E-state index contributed by atoms with van der Waals surface area (Å²) in [6.07, 6.45) is -4.65. The van der Waals surface area contributed by atoms with Crippen LogP contribution in [0.2, 0.25) is 0 Å². The molecule has 0 aromatic heterocycles. The van der Waals surface area contributed by atoms with Crippen molar-refractivity contribution < 1.29 is 22.8 Å². The summed E-state index contributed by atoms with van der Waals surface area (Å²) in [5.41, 5.74) is 2.89. The Kier molecular flexibility index (Phi) is 4.65. The fourth-order valence-electron chi connectivity index (χ4n) is 1.85. The lowest BCUT2D eigenvalue weighted by molar-refractivity contribution is -0.137. The van der Waals surface area contributed by atoms with Gasteiger partial charge in [-0.2, -0.15) is 13.2 Å². The number of benzene rings is 1. The second kappa shape index (κ2) is 5.75. The largest absolute Gasteiger partial charge is 0.417 e. The molecule has 1 atom stereocenters. The number of rotatable bonds is 3. The summed E-state index contributed by atoms with van der Waals surface area (Å²) in [7, 11) is 0. The summed E-state index contributed by atoms with van der Waals surface area (Å²) in [5.74, 6) is -1.79. The van der Waals surface area contributed by atoms with E-state index >= 15 is 0 Å². The van der Waals surface area contributed by atoms with Crippen molar-refractivity contribution in [2.24, 2.45) is 11.1 Å². The first-order valence-electron chi connectivity index (χ1n) is 6.21. The smallest absolute Gasteiger partial charge is 0.368 e. The van der Waals surface area contributed by atoms with Crippen LogP contribution in [0.1, 0.15) is 36.7 Å². The summed E-state index contributed by atoms with van der Waals surface area (Å²) in [5, 5.41) is 2.27. The van der Waals surface area contributed by atoms with Gasteiger partial charge in [-0.1, -0.05) is 32.9 Å². The number of carbonyl (C=O) groups is 2.